The van der Waals surface area contributed by atoms with E-state index in [1.807, 2.05) is 25.1 Å². The van der Waals surface area contributed by atoms with Crippen LogP contribution in [0.1, 0.15) is 11.3 Å². The Morgan fingerprint density at radius 2 is 2.19 bits per heavy atom. The molecule has 2 aromatic rings. The van der Waals surface area contributed by atoms with Crippen LogP contribution >= 0.6 is 0 Å². The lowest BCUT2D eigenvalue weighted by molar-refractivity contribution is -0.254. The molecule has 1 aromatic heterocycles. The van der Waals surface area contributed by atoms with Crippen LogP contribution in [0.15, 0.2) is 18.2 Å². The van der Waals surface area contributed by atoms with Gasteiger partial charge >= 0.3 is 5.97 Å². The minimum atomic E-state index is -0.812. The van der Waals surface area contributed by atoms with Crippen molar-refractivity contribution in [2.75, 3.05) is 0 Å². The van der Waals surface area contributed by atoms with E-state index in [0.717, 1.165) is 27.8 Å². The summed E-state index contributed by atoms with van der Waals surface area (Å²) in [7, 11) is 0. The molecule has 0 bridgehead atoms. The number of aromatic amines is 1. The standard InChI is InChI=1S/C11H12N2O2.ClH/c1-6-8(5-11(14)15)9-4-7(12)2-3-10(9)13-6;/h2-4,13H,5,12H2,1H3,(H,14,15);1H. The summed E-state index contributed by atoms with van der Waals surface area (Å²) in [4.78, 5) is 13.9. The highest BCUT2D eigenvalue weighted by Gasteiger charge is 2.12. The fourth-order valence-corrected chi connectivity index (χ4v) is 1.81. The molecule has 16 heavy (non-hydrogen) atoms. The topological polar surface area (TPSA) is 80.7 Å². The fourth-order valence-electron chi connectivity index (χ4n) is 1.81. The predicted molar refractivity (Wildman–Crippen MR) is 56.9 cm³/mol. The summed E-state index contributed by atoms with van der Waals surface area (Å²) in [6.07, 6.45) is 0.0509. The number of quaternary nitrogens is 1. The van der Waals surface area contributed by atoms with Gasteiger partial charge in [0.25, 0.3) is 0 Å². The van der Waals surface area contributed by atoms with Crippen molar-refractivity contribution in [1.29, 1.82) is 0 Å². The summed E-state index contributed by atoms with van der Waals surface area (Å²) in [5.41, 5.74) is 7.47. The number of hydrogen-bond acceptors (Lipinski definition) is 1. The molecule has 0 atom stereocenters. The average molecular weight is 241 g/mol. The highest BCUT2D eigenvalue weighted by Crippen LogP contribution is 2.24. The smallest absolute Gasteiger partial charge is 0.307 e. The highest BCUT2D eigenvalue weighted by atomic mass is 35.5. The molecule has 5 N–H and O–H groups in total. The van der Waals surface area contributed by atoms with Crippen LogP contribution in [-0.4, -0.2) is 16.1 Å². The van der Waals surface area contributed by atoms with Gasteiger partial charge in [-0.25, -0.2) is 0 Å². The molecule has 0 spiro atoms. The summed E-state index contributed by atoms with van der Waals surface area (Å²) >= 11 is 0. The molecule has 1 aromatic carbocycles. The molecule has 0 unspecified atom stereocenters. The maximum absolute atomic E-state index is 10.7. The first kappa shape index (κ1) is 12.5. The van der Waals surface area contributed by atoms with E-state index in [1.165, 1.54) is 0 Å². The molecule has 4 nitrogen and oxygen atoms in total. The van der Waals surface area contributed by atoms with Gasteiger partial charge < -0.3 is 28.2 Å². The lowest BCUT2D eigenvalue weighted by Gasteiger charge is -1.96. The van der Waals surface area contributed by atoms with E-state index in [4.69, 9.17) is 5.11 Å². The number of nitrogens with one attached hydrogen (secondary N) is 1. The van der Waals surface area contributed by atoms with Crippen LogP contribution in [0.25, 0.3) is 10.9 Å². The van der Waals surface area contributed by atoms with Crippen molar-refractivity contribution in [3.05, 3.63) is 29.5 Å². The molecule has 86 valence electrons. The number of aromatic nitrogens is 1. The molecule has 0 amide bonds. The van der Waals surface area contributed by atoms with Crippen LogP contribution in [0, 0.1) is 6.92 Å². The number of carboxylic acids is 1. The Balaban J connectivity index is 0.00000128. The Kier molecular flexibility index (Phi) is 3.57. The minimum absolute atomic E-state index is 0. The number of benzene rings is 1. The maximum Gasteiger partial charge on any atom is 0.307 e. The van der Waals surface area contributed by atoms with Gasteiger partial charge in [0.05, 0.1) is 6.42 Å². The number of carboxylic acid groups (broad SMARTS) is 1. The number of fused-ring (bicyclic) bond motifs is 1. The first-order valence-corrected chi connectivity index (χ1v) is 4.73. The van der Waals surface area contributed by atoms with Crippen molar-refractivity contribution < 1.29 is 28.0 Å². The Bertz CT molecular complexity index is 534. The lowest BCUT2D eigenvalue weighted by atomic mass is 10.1. The van der Waals surface area contributed by atoms with Gasteiger partial charge in [0.1, 0.15) is 5.69 Å². The Labute approximate surface area is 98.9 Å². The van der Waals surface area contributed by atoms with E-state index in [9.17, 15) is 4.79 Å². The normalized spacial score (nSPS) is 10.1. The molecule has 5 heteroatoms. The molecule has 0 fully saturated rings. The van der Waals surface area contributed by atoms with E-state index >= 15 is 0 Å². The van der Waals surface area contributed by atoms with Crippen molar-refractivity contribution in [3.8, 4) is 0 Å². The van der Waals surface area contributed by atoms with Gasteiger partial charge in [0.2, 0.25) is 0 Å². The molecule has 0 saturated heterocycles. The van der Waals surface area contributed by atoms with Crippen molar-refractivity contribution >= 4 is 22.6 Å². The van der Waals surface area contributed by atoms with Gasteiger partial charge in [-0.3, -0.25) is 4.79 Å². The van der Waals surface area contributed by atoms with Crippen molar-refractivity contribution in [2.45, 2.75) is 13.3 Å². The van der Waals surface area contributed by atoms with Gasteiger partial charge in [-0.15, -0.1) is 0 Å². The maximum atomic E-state index is 10.7. The SMILES string of the molecule is Cc1[nH]c2ccc([NH3+])cc2c1CC(=O)O.[Cl-]. The molecule has 0 saturated carbocycles. The number of aryl methyl sites for hydroxylation is 1. The van der Waals surface area contributed by atoms with E-state index in [-0.39, 0.29) is 18.8 Å². The number of carbonyl (C=O) groups is 1. The van der Waals surface area contributed by atoms with Gasteiger partial charge in [-0.05, 0) is 18.6 Å². The zero-order valence-corrected chi connectivity index (χ0v) is 9.64. The van der Waals surface area contributed by atoms with Crippen molar-refractivity contribution in [1.82, 2.24) is 4.98 Å². The summed E-state index contributed by atoms with van der Waals surface area (Å²) in [6.45, 7) is 1.89. The van der Waals surface area contributed by atoms with Crippen molar-refractivity contribution in [3.63, 3.8) is 0 Å². The second-order valence-electron chi connectivity index (χ2n) is 3.68. The third kappa shape index (κ3) is 2.18. The zero-order chi connectivity index (χ0) is 11.0. The third-order valence-electron chi connectivity index (χ3n) is 2.51. The average Bonchev–Trinajstić information content (AvgIpc) is 2.43. The molecule has 0 radical (unpaired) electrons. The van der Waals surface area contributed by atoms with Crippen LogP contribution in [0.4, 0.5) is 5.69 Å². The number of H-pyrrole nitrogens is 1. The van der Waals surface area contributed by atoms with Gasteiger partial charge in [0.15, 0.2) is 0 Å². The third-order valence-corrected chi connectivity index (χ3v) is 2.51. The summed E-state index contributed by atoms with van der Waals surface area (Å²) in [5, 5.41) is 9.77. The van der Waals surface area contributed by atoms with Gasteiger partial charge in [0, 0.05) is 28.7 Å². The van der Waals surface area contributed by atoms with Gasteiger partial charge in [-0.2, -0.15) is 0 Å². The second kappa shape index (κ2) is 4.55. The van der Waals surface area contributed by atoms with E-state index < -0.39 is 5.97 Å². The van der Waals surface area contributed by atoms with Gasteiger partial charge in [-0.1, -0.05) is 0 Å². The molecular formula is C11H13ClN2O2. The number of halogens is 1. The minimum Gasteiger partial charge on any atom is -1.00 e. The molecule has 0 aliphatic carbocycles. The lowest BCUT2D eigenvalue weighted by Crippen LogP contribution is -3.00. The fraction of sp³-hybridized carbons (Fsp3) is 0.182. The molecule has 1 heterocycles. The highest BCUT2D eigenvalue weighted by molar-refractivity contribution is 5.89. The summed E-state index contributed by atoms with van der Waals surface area (Å²) in [5.74, 6) is -0.812. The van der Waals surface area contributed by atoms with Crippen LogP contribution in [0.2, 0.25) is 0 Å². The number of aliphatic carboxylic acids is 1. The molecular weight excluding hydrogens is 228 g/mol. The number of hydrogen-bond donors (Lipinski definition) is 3. The van der Waals surface area contributed by atoms with Crippen LogP contribution in [0.3, 0.4) is 0 Å². The molecule has 2 rings (SSSR count). The van der Waals surface area contributed by atoms with Crippen molar-refractivity contribution in [2.24, 2.45) is 0 Å². The van der Waals surface area contributed by atoms with E-state index in [1.54, 1.807) is 0 Å². The van der Waals surface area contributed by atoms with Crippen LogP contribution in [-0.2, 0) is 11.2 Å². The molecule has 0 aliphatic heterocycles. The number of rotatable bonds is 2. The van der Waals surface area contributed by atoms with E-state index in [0.29, 0.717) is 0 Å². The Hall–Kier alpha value is -1.52. The first-order valence-electron chi connectivity index (χ1n) is 4.73. The Morgan fingerprint density at radius 3 is 2.81 bits per heavy atom. The van der Waals surface area contributed by atoms with Crippen LogP contribution in [0.5, 0.6) is 0 Å². The summed E-state index contributed by atoms with van der Waals surface area (Å²) in [6, 6.07) is 5.75. The molecule has 0 aliphatic rings. The Morgan fingerprint density at radius 1 is 1.50 bits per heavy atom. The van der Waals surface area contributed by atoms with E-state index in [2.05, 4.69) is 10.7 Å². The zero-order valence-electron chi connectivity index (χ0n) is 8.88. The predicted octanol–water partition coefficient (Wildman–Crippen LogP) is -2.02. The first-order chi connectivity index (χ1) is 7.08. The summed E-state index contributed by atoms with van der Waals surface area (Å²) < 4.78 is 0. The largest absolute Gasteiger partial charge is 1.00 e. The quantitative estimate of drug-likeness (QED) is 0.567. The van der Waals surface area contributed by atoms with Crippen LogP contribution < -0.4 is 18.1 Å². The second-order valence-corrected chi connectivity index (χ2v) is 3.68. The monoisotopic (exact) mass is 240 g/mol.